The smallest absolute Gasteiger partial charge is 0.408 e. The number of piperidine rings is 1. The fourth-order valence-corrected chi connectivity index (χ4v) is 3.81. The van der Waals surface area contributed by atoms with Crippen molar-refractivity contribution in [1.82, 2.24) is 10.2 Å². The second kappa shape index (κ2) is 10.1. The summed E-state index contributed by atoms with van der Waals surface area (Å²) in [7, 11) is 1.62. The molecule has 0 radical (unpaired) electrons. The zero-order valence-electron chi connectivity index (χ0n) is 17.7. The number of carbonyl (C=O) groups excluding carboxylic acids is 2. The quantitative estimate of drug-likeness (QED) is 0.741. The van der Waals surface area contributed by atoms with E-state index in [1.165, 1.54) is 0 Å². The van der Waals surface area contributed by atoms with Gasteiger partial charge in [-0.1, -0.05) is 49.4 Å². The molecule has 0 saturated carbocycles. The van der Waals surface area contributed by atoms with E-state index in [2.05, 4.69) is 5.32 Å². The van der Waals surface area contributed by atoms with Crippen LogP contribution in [-0.2, 0) is 21.7 Å². The average molecular weight is 411 g/mol. The van der Waals surface area contributed by atoms with Gasteiger partial charge in [0.25, 0.3) is 0 Å². The van der Waals surface area contributed by atoms with Crippen molar-refractivity contribution in [2.24, 2.45) is 0 Å². The molecule has 2 amide bonds. The van der Waals surface area contributed by atoms with Gasteiger partial charge >= 0.3 is 6.09 Å². The fourth-order valence-electron chi connectivity index (χ4n) is 3.81. The number of methoxy groups -OCH3 is 1. The van der Waals surface area contributed by atoms with Crippen molar-refractivity contribution in [3.63, 3.8) is 0 Å². The summed E-state index contributed by atoms with van der Waals surface area (Å²) in [6, 6.07) is 17.3. The summed E-state index contributed by atoms with van der Waals surface area (Å²) in [5, 5.41) is 2.85. The Kier molecular flexibility index (Phi) is 7.33. The molecule has 1 aliphatic heterocycles. The van der Waals surface area contributed by atoms with Gasteiger partial charge in [0.2, 0.25) is 5.91 Å². The van der Waals surface area contributed by atoms with Crippen LogP contribution in [0.25, 0.3) is 0 Å². The minimum absolute atomic E-state index is 0.170. The van der Waals surface area contributed by atoms with E-state index < -0.39 is 11.7 Å². The molecular weight excluding hydrogens is 380 g/mol. The maximum atomic E-state index is 12.7. The molecule has 160 valence electrons. The summed E-state index contributed by atoms with van der Waals surface area (Å²) in [5.74, 6) is 0.942. The molecule has 0 aliphatic carbocycles. The van der Waals surface area contributed by atoms with E-state index in [0.717, 1.165) is 23.3 Å². The van der Waals surface area contributed by atoms with Crippen molar-refractivity contribution in [2.45, 2.75) is 44.8 Å². The average Bonchev–Trinajstić information content (AvgIpc) is 2.79. The topological polar surface area (TPSA) is 67.9 Å². The molecule has 3 rings (SSSR count). The summed E-state index contributed by atoms with van der Waals surface area (Å²) >= 11 is 0. The van der Waals surface area contributed by atoms with Gasteiger partial charge in [-0.25, -0.2) is 4.79 Å². The third kappa shape index (κ3) is 5.32. The number of alkyl carbamates (subject to hydrolysis) is 1. The first-order valence-corrected chi connectivity index (χ1v) is 10.5. The second-order valence-corrected chi connectivity index (χ2v) is 7.58. The van der Waals surface area contributed by atoms with E-state index in [1.54, 1.807) is 7.11 Å². The third-order valence-corrected chi connectivity index (χ3v) is 5.57. The predicted octanol–water partition coefficient (Wildman–Crippen LogP) is 4.24. The van der Waals surface area contributed by atoms with Gasteiger partial charge in [0.05, 0.1) is 7.11 Å². The Morgan fingerprint density at radius 3 is 2.30 bits per heavy atom. The van der Waals surface area contributed by atoms with Crippen molar-refractivity contribution in [3.05, 3.63) is 65.7 Å². The molecule has 2 aromatic carbocycles. The second-order valence-electron chi connectivity index (χ2n) is 7.58. The van der Waals surface area contributed by atoms with Gasteiger partial charge in [0.15, 0.2) is 0 Å². The molecule has 30 heavy (non-hydrogen) atoms. The maximum absolute atomic E-state index is 12.7. The molecule has 0 bridgehead atoms. The number of amides is 2. The summed E-state index contributed by atoms with van der Waals surface area (Å²) in [6.45, 7) is 3.54. The standard InChI is InChI=1S/C24H30N2O4/c1-3-7-22(27)26-16-14-24(15-17-26,20-8-5-4-6-9-20)30-23(28)25-18-19-10-12-21(29-2)13-11-19/h4-6,8-13H,3,7,14-18H2,1-2H3,(H,25,28). The highest BCUT2D eigenvalue weighted by atomic mass is 16.6. The van der Waals surface area contributed by atoms with Crippen LogP contribution in [0.5, 0.6) is 5.75 Å². The van der Waals surface area contributed by atoms with Gasteiger partial charge in [-0.2, -0.15) is 0 Å². The Hall–Kier alpha value is -3.02. The zero-order chi connectivity index (χ0) is 21.4. The number of hydrogen-bond acceptors (Lipinski definition) is 4. The molecular formula is C24H30N2O4. The molecule has 6 nitrogen and oxygen atoms in total. The lowest BCUT2D eigenvalue weighted by atomic mass is 9.84. The lowest BCUT2D eigenvalue weighted by Crippen LogP contribution is -2.48. The Morgan fingerprint density at radius 1 is 1.03 bits per heavy atom. The molecule has 0 spiro atoms. The number of nitrogens with one attached hydrogen (secondary N) is 1. The fraction of sp³-hybridized carbons (Fsp3) is 0.417. The SMILES string of the molecule is CCCC(=O)N1CCC(OC(=O)NCc2ccc(OC)cc2)(c2ccccc2)CC1. The predicted molar refractivity (Wildman–Crippen MR) is 115 cm³/mol. The summed E-state index contributed by atoms with van der Waals surface area (Å²) in [4.78, 5) is 26.8. The van der Waals surface area contributed by atoms with Crippen LogP contribution in [-0.4, -0.2) is 37.1 Å². The molecule has 0 aromatic heterocycles. The first-order valence-electron chi connectivity index (χ1n) is 10.5. The largest absolute Gasteiger partial charge is 0.497 e. The monoisotopic (exact) mass is 410 g/mol. The van der Waals surface area contributed by atoms with Gasteiger partial charge in [-0.15, -0.1) is 0 Å². The lowest BCUT2D eigenvalue weighted by molar-refractivity contribution is -0.135. The van der Waals surface area contributed by atoms with Crippen LogP contribution in [0.4, 0.5) is 4.79 Å². The first kappa shape index (κ1) is 21.7. The Bertz CT molecular complexity index is 828. The Balaban J connectivity index is 1.66. The number of likely N-dealkylation sites (tertiary alicyclic amines) is 1. The van der Waals surface area contributed by atoms with Gasteiger partial charge in [-0.3, -0.25) is 4.79 Å². The number of benzene rings is 2. The van der Waals surface area contributed by atoms with E-state index >= 15 is 0 Å². The number of rotatable bonds is 7. The van der Waals surface area contributed by atoms with E-state index in [-0.39, 0.29) is 5.91 Å². The van der Waals surface area contributed by atoms with Gasteiger partial charge < -0.3 is 19.7 Å². The van der Waals surface area contributed by atoms with Crippen LogP contribution in [0.2, 0.25) is 0 Å². The highest BCUT2D eigenvalue weighted by Crippen LogP contribution is 2.37. The minimum Gasteiger partial charge on any atom is -0.497 e. The third-order valence-electron chi connectivity index (χ3n) is 5.57. The van der Waals surface area contributed by atoms with Crippen LogP contribution in [0.3, 0.4) is 0 Å². The van der Waals surface area contributed by atoms with Crippen molar-refractivity contribution < 1.29 is 19.1 Å². The summed E-state index contributed by atoms with van der Waals surface area (Å²) in [5.41, 5.74) is 1.20. The molecule has 1 aliphatic rings. The molecule has 1 fully saturated rings. The van der Waals surface area contributed by atoms with Crippen molar-refractivity contribution in [1.29, 1.82) is 0 Å². The molecule has 0 unspecified atom stereocenters. The molecule has 6 heteroatoms. The van der Waals surface area contributed by atoms with Crippen LogP contribution in [0, 0.1) is 0 Å². The highest BCUT2D eigenvalue weighted by molar-refractivity contribution is 5.76. The molecule has 1 saturated heterocycles. The van der Waals surface area contributed by atoms with Crippen molar-refractivity contribution in [3.8, 4) is 5.75 Å². The maximum Gasteiger partial charge on any atom is 0.408 e. The number of hydrogen-bond donors (Lipinski definition) is 1. The van der Waals surface area contributed by atoms with E-state index in [0.29, 0.717) is 38.9 Å². The molecule has 1 N–H and O–H groups in total. The van der Waals surface area contributed by atoms with Crippen LogP contribution in [0.1, 0.15) is 43.7 Å². The van der Waals surface area contributed by atoms with E-state index in [1.807, 2.05) is 66.4 Å². The number of ether oxygens (including phenoxy) is 2. The van der Waals surface area contributed by atoms with Crippen LogP contribution in [0.15, 0.2) is 54.6 Å². The summed E-state index contributed by atoms with van der Waals surface area (Å²) in [6.07, 6.45) is 2.11. The lowest BCUT2D eigenvalue weighted by Gasteiger charge is -2.41. The first-order chi connectivity index (χ1) is 14.6. The van der Waals surface area contributed by atoms with Crippen LogP contribution < -0.4 is 10.1 Å². The Morgan fingerprint density at radius 2 is 1.70 bits per heavy atom. The highest BCUT2D eigenvalue weighted by Gasteiger charge is 2.40. The zero-order valence-corrected chi connectivity index (χ0v) is 17.7. The molecule has 2 aromatic rings. The number of nitrogens with zero attached hydrogens (tertiary/aromatic N) is 1. The van der Waals surface area contributed by atoms with Crippen molar-refractivity contribution >= 4 is 12.0 Å². The minimum atomic E-state index is -0.728. The molecule has 1 heterocycles. The van der Waals surface area contributed by atoms with E-state index in [4.69, 9.17) is 9.47 Å². The van der Waals surface area contributed by atoms with Gasteiger partial charge in [0.1, 0.15) is 11.4 Å². The number of carbonyl (C=O) groups is 2. The molecule has 0 atom stereocenters. The van der Waals surface area contributed by atoms with Gasteiger partial charge in [0, 0.05) is 38.9 Å². The normalized spacial score (nSPS) is 15.3. The van der Waals surface area contributed by atoms with Gasteiger partial charge in [-0.05, 0) is 29.7 Å². The summed E-state index contributed by atoms with van der Waals surface area (Å²) < 4.78 is 11.2. The van der Waals surface area contributed by atoms with Crippen LogP contribution >= 0.6 is 0 Å². The van der Waals surface area contributed by atoms with E-state index in [9.17, 15) is 9.59 Å². The Labute approximate surface area is 178 Å². The van der Waals surface area contributed by atoms with Crippen molar-refractivity contribution in [2.75, 3.05) is 20.2 Å².